The van der Waals surface area contributed by atoms with E-state index in [-0.39, 0.29) is 0 Å². The van der Waals surface area contributed by atoms with Gasteiger partial charge in [-0.05, 0) is 82.8 Å². The predicted octanol–water partition coefficient (Wildman–Crippen LogP) is 9.15. The summed E-state index contributed by atoms with van der Waals surface area (Å²) in [6.07, 6.45) is 1.90. The molecule has 3 aromatic heterocycles. The van der Waals surface area contributed by atoms with Crippen LogP contribution in [0, 0.1) is 13.8 Å². The molecule has 0 saturated heterocycles. The number of hydrogen-bond acceptors (Lipinski definition) is 3. The average Bonchev–Trinajstić information content (AvgIpc) is 3.31. The van der Waals surface area contributed by atoms with Crippen LogP contribution in [0.5, 0.6) is 0 Å². The average molecular weight is 477 g/mol. The lowest BCUT2D eigenvalue weighted by Crippen LogP contribution is -1.92. The van der Waals surface area contributed by atoms with Crippen molar-refractivity contribution < 1.29 is 4.42 Å². The minimum absolute atomic E-state index is 0.664. The Morgan fingerprint density at radius 3 is 2.24 bits per heavy atom. The largest absolute Gasteiger partial charge is 0.437 e. The summed E-state index contributed by atoms with van der Waals surface area (Å²) >= 11 is 0. The molecule has 3 heteroatoms. The van der Waals surface area contributed by atoms with Crippen LogP contribution in [0.2, 0.25) is 0 Å². The molecule has 0 saturated carbocycles. The number of aromatic nitrogens is 2. The van der Waals surface area contributed by atoms with Gasteiger partial charge < -0.3 is 4.42 Å². The minimum Gasteiger partial charge on any atom is -0.437 e. The summed E-state index contributed by atoms with van der Waals surface area (Å²) in [5.41, 5.74) is 10.4. The van der Waals surface area contributed by atoms with Gasteiger partial charge >= 0.3 is 0 Å². The van der Waals surface area contributed by atoms with Crippen molar-refractivity contribution in [3.63, 3.8) is 0 Å². The molecule has 0 aliphatic rings. The van der Waals surface area contributed by atoms with Gasteiger partial charge in [0, 0.05) is 28.2 Å². The van der Waals surface area contributed by atoms with Gasteiger partial charge in [-0.15, -0.1) is 0 Å². The van der Waals surface area contributed by atoms with Crippen LogP contribution in [0.25, 0.3) is 66.4 Å². The molecular weight excluding hydrogens is 452 g/mol. The lowest BCUT2D eigenvalue weighted by atomic mass is 9.88. The van der Waals surface area contributed by atoms with Crippen LogP contribution in [-0.4, -0.2) is 9.97 Å². The van der Waals surface area contributed by atoms with Gasteiger partial charge in [-0.2, -0.15) is 0 Å². The fraction of sp³-hybridized carbons (Fsp3) is 0.0588. The highest BCUT2D eigenvalue weighted by Crippen LogP contribution is 2.40. The quantitative estimate of drug-likeness (QED) is 0.255. The van der Waals surface area contributed by atoms with E-state index in [0.29, 0.717) is 5.71 Å². The Labute approximate surface area is 215 Å². The third-order valence-electron chi connectivity index (χ3n) is 7.15. The molecule has 3 heterocycles. The number of fused-ring (bicyclic) bond motifs is 4. The molecule has 176 valence electrons. The summed E-state index contributed by atoms with van der Waals surface area (Å²) in [7, 11) is 0. The Hall–Kier alpha value is -4.76. The first kappa shape index (κ1) is 21.5. The zero-order chi connectivity index (χ0) is 24.9. The molecule has 0 atom stereocenters. The maximum absolute atomic E-state index is 6.27. The van der Waals surface area contributed by atoms with Crippen molar-refractivity contribution in [2.45, 2.75) is 13.8 Å². The van der Waals surface area contributed by atoms with E-state index in [1.165, 1.54) is 33.0 Å². The number of benzene rings is 4. The number of rotatable bonds is 3. The summed E-state index contributed by atoms with van der Waals surface area (Å²) in [6.45, 7) is 4.18. The van der Waals surface area contributed by atoms with E-state index in [4.69, 9.17) is 9.40 Å². The van der Waals surface area contributed by atoms with Gasteiger partial charge in [0.05, 0.1) is 5.69 Å². The second kappa shape index (κ2) is 8.42. The van der Waals surface area contributed by atoms with Crippen molar-refractivity contribution >= 4 is 32.8 Å². The van der Waals surface area contributed by atoms with E-state index < -0.39 is 0 Å². The van der Waals surface area contributed by atoms with Crippen molar-refractivity contribution in [3.05, 3.63) is 121 Å². The molecule has 0 amide bonds. The van der Waals surface area contributed by atoms with Gasteiger partial charge in [-0.3, -0.25) is 4.98 Å². The zero-order valence-electron chi connectivity index (χ0n) is 20.7. The number of hydrogen-bond donors (Lipinski definition) is 0. The van der Waals surface area contributed by atoms with E-state index in [0.717, 1.165) is 38.9 Å². The Morgan fingerprint density at radius 2 is 1.38 bits per heavy atom. The molecule has 0 bridgehead atoms. The lowest BCUT2D eigenvalue weighted by Gasteiger charge is -2.16. The Bertz CT molecular complexity index is 1950. The number of pyridine rings is 2. The van der Waals surface area contributed by atoms with Gasteiger partial charge in [0.15, 0.2) is 0 Å². The molecule has 0 radical (unpaired) electrons. The molecule has 37 heavy (non-hydrogen) atoms. The van der Waals surface area contributed by atoms with E-state index in [9.17, 15) is 0 Å². The molecule has 0 aliphatic carbocycles. The molecule has 0 spiro atoms. The van der Waals surface area contributed by atoms with Crippen molar-refractivity contribution in [2.24, 2.45) is 0 Å². The van der Waals surface area contributed by atoms with Crippen molar-refractivity contribution in [3.8, 4) is 33.5 Å². The highest BCUT2D eigenvalue weighted by Gasteiger charge is 2.17. The van der Waals surface area contributed by atoms with Crippen LogP contribution in [0.15, 0.2) is 114 Å². The highest BCUT2D eigenvalue weighted by molar-refractivity contribution is 6.09. The first-order valence-electron chi connectivity index (χ1n) is 12.5. The standard InChI is InChI=1S/C34H24N2O/c1-21-19-30(23-9-4-3-5-10-23)25-11-6-7-12-26(25)32(21)24-17-18-35-31(20-24)29-14-8-13-27-28-16-15-22(2)36-34(28)37-33(27)29/h3-20H,1-2H3. The van der Waals surface area contributed by atoms with Gasteiger partial charge in [0.25, 0.3) is 0 Å². The molecule has 0 unspecified atom stereocenters. The number of aryl methyl sites for hydroxylation is 2. The maximum atomic E-state index is 6.27. The van der Waals surface area contributed by atoms with Gasteiger partial charge in [0.2, 0.25) is 5.71 Å². The van der Waals surface area contributed by atoms with Gasteiger partial charge in [-0.25, -0.2) is 4.98 Å². The second-order valence-electron chi connectivity index (χ2n) is 9.55. The van der Waals surface area contributed by atoms with Gasteiger partial charge in [0.1, 0.15) is 5.58 Å². The molecule has 0 N–H and O–H groups in total. The third kappa shape index (κ3) is 3.51. The Balaban J connectivity index is 1.44. The molecule has 3 nitrogen and oxygen atoms in total. The molecular formula is C34H24N2O. The smallest absolute Gasteiger partial charge is 0.227 e. The topological polar surface area (TPSA) is 38.9 Å². The van der Waals surface area contributed by atoms with Crippen LogP contribution in [0.1, 0.15) is 11.3 Å². The summed E-state index contributed by atoms with van der Waals surface area (Å²) in [5.74, 6) is 0. The summed E-state index contributed by atoms with van der Waals surface area (Å²) in [5, 5.41) is 4.56. The number of furan rings is 1. The molecule has 7 aromatic rings. The van der Waals surface area contributed by atoms with Crippen LogP contribution in [0.4, 0.5) is 0 Å². The van der Waals surface area contributed by atoms with E-state index in [2.05, 4.69) is 109 Å². The Morgan fingerprint density at radius 1 is 0.595 bits per heavy atom. The van der Waals surface area contributed by atoms with E-state index in [1.807, 2.05) is 19.2 Å². The zero-order valence-corrected chi connectivity index (χ0v) is 20.7. The monoisotopic (exact) mass is 476 g/mol. The second-order valence-corrected chi connectivity index (χ2v) is 9.55. The van der Waals surface area contributed by atoms with Crippen LogP contribution < -0.4 is 0 Å². The van der Waals surface area contributed by atoms with Crippen LogP contribution in [0.3, 0.4) is 0 Å². The van der Waals surface area contributed by atoms with Crippen molar-refractivity contribution in [1.29, 1.82) is 0 Å². The fourth-order valence-corrected chi connectivity index (χ4v) is 5.46. The first-order chi connectivity index (χ1) is 18.2. The molecule has 4 aromatic carbocycles. The summed E-state index contributed by atoms with van der Waals surface area (Å²) in [6, 6.07) is 36.2. The third-order valence-corrected chi connectivity index (χ3v) is 7.15. The predicted molar refractivity (Wildman–Crippen MR) is 153 cm³/mol. The molecule has 7 rings (SSSR count). The van der Waals surface area contributed by atoms with Crippen LogP contribution in [-0.2, 0) is 0 Å². The molecule has 0 aliphatic heterocycles. The number of para-hydroxylation sites is 1. The van der Waals surface area contributed by atoms with E-state index >= 15 is 0 Å². The van der Waals surface area contributed by atoms with Crippen LogP contribution >= 0.6 is 0 Å². The maximum Gasteiger partial charge on any atom is 0.227 e. The number of nitrogens with zero attached hydrogens (tertiary/aromatic N) is 2. The summed E-state index contributed by atoms with van der Waals surface area (Å²) in [4.78, 5) is 9.37. The molecule has 0 fully saturated rings. The summed E-state index contributed by atoms with van der Waals surface area (Å²) < 4.78 is 6.27. The lowest BCUT2D eigenvalue weighted by molar-refractivity contribution is 0.653. The fourth-order valence-electron chi connectivity index (χ4n) is 5.46. The Kier molecular flexibility index (Phi) is 4.90. The minimum atomic E-state index is 0.664. The van der Waals surface area contributed by atoms with E-state index in [1.54, 1.807) is 0 Å². The highest BCUT2D eigenvalue weighted by atomic mass is 16.3. The van der Waals surface area contributed by atoms with Gasteiger partial charge in [-0.1, -0.05) is 72.8 Å². The SMILES string of the molecule is Cc1ccc2c(n1)oc1c(-c3cc(-c4c(C)cc(-c5ccccc5)c5ccccc45)ccn3)cccc12. The van der Waals surface area contributed by atoms with Crippen molar-refractivity contribution in [2.75, 3.05) is 0 Å². The first-order valence-corrected chi connectivity index (χ1v) is 12.5. The normalized spacial score (nSPS) is 11.5. The van der Waals surface area contributed by atoms with Crippen molar-refractivity contribution in [1.82, 2.24) is 9.97 Å².